The monoisotopic (exact) mass is 239 g/mol. The van der Waals surface area contributed by atoms with Gasteiger partial charge in [-0.25, -0.2) is 0 Å². The average molecular weight is 239 g/mol. The molecule has 0 atom stereocenters. The van der Waals surface area contributed by atoms with E-state index in [2.05, 4.69) is 6.07 Å². The Morgan fingerprint density at radius 2 is 2.06 bits per heavy atom. The van der Waals surface area contributed by atoms with Crippen molar-refractivity contribution in [3.63, 3.8) is 0 Å². The zero-order valence-corrected chi connectivity index (χ0v) is 10.1. The van der Waals surface area contributed by atoms with Gasteiger partial charge < -0.3 is 9.84 Å². The van der Waals surface area contributed by atoms with Crippen LogP contribution in [0.2, 0.25) is 0 Å². The fourth-order valence-corrected chi connectivity index (χ4v) is 1.66. The highest BCUT2D eigenvalue weighted by Crippen LogP contribution is 2.20. The van der Waals surface area contributed by atoms with Gasteiger partial charge in [-0.05, 0) is 42.3 Å². The van der Waals surface area contributed by atoms with E-state index < -0.39 is 0 Å². The normalized spacial score (nSPS) is 9.78. The molecule has 3 heteroatoms. The third-order valence-corrected chi connectivity index (χ3v) is 2.68. The lowest BCUT2D eigenvalue weighted by Gasteiger charge is -2.09. The maximum atomic E-state index is 9.32. The lowest BCUT2D eigenvalue weighted by Crippen LogP contribution is -1.98. The number of phenolic OH excluding ortho intramolecular Hbond substituents is 1. The lowest BCUT2D eigenvalue weighted by atomic mass is 10.1. The Kier molecular flexibility index (Phi) is 3.49. The van der Waals surface area contributed by atoms with Crippen LogP contribution in [-0.2, 0) is 6.61 Å². The van der Waals surface area contributed by atoms with E-state index in [1.807, 2.05) is 19.1 Å². The molecule has 2 aromatic carbocycles. The Balaban J connectivity index is 2.09. The molecule has 0 bridgehead atoms. The van der Waals surface area contributed by atoms with Crippen molar-refractivity contribution >= 4 is 0 Å². The van der Waals surface area contributed by atoms with Gasteiger partial charge in [0.2, 0.25) is 0 Å². The molecule has 2 aromatic rings. The molecule has 0 aliphatic heterocycles. The van der Waals surface area contributed by atoms with Crippen molar-refractivity contribution in [2.75, 3.05) is 0 Å². The van der Waals surface area contributed by atoms with Crippen molar-refractivity contribution < 1.29 is 9.84 Å². The highest BCUT2D eigenvalue weighted by Gasteiger charge is 2.02. The molecule has 0 saturated heterocycles. The number of phenols is 1. The van der Waals surface area contributed by atoms with Gasteiger partial charge in [0.1, 0.15) is 18.1 Å². The summed E-state index contributed by atoms with van der Waals surface area (Å²) in [6.45, 7) is 2.36. The number of aromatic hydroxyl groups is 1. The number of nitrogens with zero attached hydrogens (tertiary/aromatic N) is 1. The Bertz CT molecular complexity index is 600. The molecule has 0 aromatic heterocycles. The molecule has 0 heterocycles. The SMILES string of the molecule is Cc1cc(C#N)ccc1COc1cccc(O)c1. The van der Waals surface area contributed by atoms with E-state index in [0.717, 1.165) is 11.1 Å². The topological polar surface area (TPSA) is 53.2 Å². The highest BCUT2D eigenvalue weighted by atomic mass is 16.5. The second-order valence-corrected chi connectivity index (χ2v) is 4.04. The van der Waals surface area contributed by atoms with Gasteiger partial charge in [-0.2, -0.15) is 5.26 Å². The predicted octanol–water partition coefficient (Wildman–Crippen LogP) is 3.15. The fourth-order valence-electron chi connectivity index (χ4n) is 1.66. The molecular formula is C15H13NO2. The van der Waals surface area contributed by atoms with E-state index in [1.54, 1.807) is 30.3 Å². The fraction of sp³-hybridized carbons (Fsp3) is 0.133. The van der Waals surface area contributed by atoms with Gasteiger partial charge in [-0.3, -0.25) is 0 Å². The van der Waals surface area contributed by atoms with Gasteiger partial charge in [0.25, 0.3) is 0 Å². The number of hydrogen-bond acceptors (Lipinski definition) is 3. The molecule has 90 valence electrons. The highest BCUT2D eigenvalue weighted by molar-refractivity contribution is 5.38. The molecular weight excluding hydrogens is 226 g/mol. The summed E-state index contributed by atoms with van der Waals surface area (Å²) in [6.07, 6.45) is 0. The quantitative estimate of drug-likeness (QED) is 0.895. The predicted molar refractivity (Wildman–Crippen MR) is 68.3 cm³/mol. The molecule has 0 unspecified atom stereocenters. The summed E-state index contributed by atoms with van der Waals surface area (Å²) in [5.74, 6) is 0.808. The van der Waals surface area contributed by atoms with Crippen molar-refractivity contribution in [2.45, 2.75) is 13.5 Å². The Labute approximate surface area is 106 Å². The molecule has 0 aliphatic carbocycles. The Morgan fingerprint density at radius 1 is 1.22 bits per heavy atom. The smallest absolute Gasteiger partial charge is 0.123 e. The minimum Gasteiger partial charge on any atom is -0.508 e. The largest absolute Gasteiger partial charge is 0.508 e. The van der Waals surface area contributed by atoms with Crippen LogP contribution in [0.4, 0.5) is 0 Å². The van der Waals surface area contributed by atoms with Crippen LogP contribution in [0.1, 0.15) is 16.7 Å². The second kappa shape index (κ2) is 5.24. The zero-order valence-electron chi connectivity index (χ0n) is 10.1. The molecule has 0 fully saturated rings. The number of rotatable bonds is 3. The molecule has 0 aliphatic rings. The molecule has 0 spiro atoms. The van der Waals surface area contributed by atoms with E-state index in [1.165, 1.54) is 0 Å². The molecule has 1 N–H and O–H groups in total. The summed E-state index contributed by atoms with van der Waals surface area (Å²) in [4.78, 5) is 0. The first-order chi connectivity index (χ1) is 8.69. The van der Waals surface area contributed by atoms with Crippen LogP contribution in [-0.4, -0.2) is 5.11 Å². The van der Waals surface area contributed by atoms with Crippen LogP contribution >= 0.6 is 0 Å². The van der Waals surface area contributed by atoms with E-state index in [-0.39, 0.29) is 5.75 Å². The number of ether oxygens (including phenoxy) is 1. The van der Waals surface area contributed by atoms with Crippen LogP contribution in [0.3, 0.4) is 0 Å². The van der Waals surface area contributed by atoms with Crippen LogP contribution in [0.15, 0.2) is 42.5 Å². The Hall–Kier alpha value is -2.47. The van der Waals surface area contributed by atoms with Crippen molar-refractivity contribution in [3.05, 3.63) is 59.2 Å². The number of nitriles is 1. The van der Waals surface area contributed by atoms with Gasteiger partial charge in [0.15, 0.2) is 0 Å². The van der Waals surface area contributed by atoms with E-state index in [4.69, 9.17) is 10.00 Å². The van der Waals surface area contributed by atoms with Crippen LogP contribution in [0.25, 0.3) is 0 Å². The molecule has 3 nitrogen and oxygen atoms in total. The summed E-state index contributed by atoms with van der Waals surface area (Å²) in [5.41, 5.74) is 2.69. The summed E-state index contributed by atoms with van der Waals surface area (Å²) in [7, 11) is 0. The van der Waals surface area contributed by atoms with E-state index in [9.17, 15) is 5.11 Å². The third-order valence-electron chi connectivity index (χ3n) is 2.68. The minimum atomic E-state index is 0.184. The summed E-state index contributed by atoms with van der Waals surface area (Å²) in [6, 6.07) is 14.3. The summed E-state index contributed by atoms with van der Waals surface area (Å²) in [5, 5.41) is 18.1. The van der Waals surface area contributed by atoms with Crippen molar-refractivity contribution in [2.24, 2.45) is 0 Å². The maximum Gasteiger partial charge on any atom is 0.123 e. The van der Waals surface area contributed by atoms with Gasteiger partial charge in [-0.1, -0.05) is 12.1 Å². The summed E-state index contributed by atoms with van der Waals surface area (Å²) >= 11 is 0. The third kappa shape index (κ3) is 2.80. The van der Waals surface area contributed by atoms with Gasteiger partial charge in [0, 0.05) is 6.07 Å². The first kappa shape index (κ1) is 12.0. The van der Waals surface area contributed by atoms with Gasteiger partial charge in [0.05, 0.1) is 11.6 Å². The van der Waals surface area contributed by atoms with Gasteiger partial charge >= 0.3 is 0 Å². The first-order valence-corrected chi connectivity index (χ1v) is 5.60. The zero-order chi connectivity index (χ0) is 13.0. The van der Waals surface area contributed by atoms with Crippen molar-refractivity contribution in [1.29, 1.82) is 5.26 Å². The number of aryl methyl sites for hydroxylation is 1. The summed E-state index contributed by atoms with van der Waals surface area (Å²) < 4.78 is 5.58. The molecule has 0 radical (unpaired) electrons. The molecule has 2 rings (SSSR count). The first-order valence-electron chi connectivity index (χ1n) is 5.60. The molecule has 0 saturated carbocycles. The van der Waals surface area contributed by atoms with Gasteiger partial charge in [-0.15, -0.1) is 0 Å². The van der Waals surface area contributed by atoms with Crippen LogP contribution in [0, 0.1) is 18.3 Å². The standard InChI is InChI=1S/C15H13NO2/c1-11-7-12(9-16)5-6-13(11)10-18-15-4-2-3-14(17)8-15/h2-8,17H,10H2,1H3. The van der Waals surface area contributed by atoms with Crippen molar-refractivity contribution in [3.8, 4) is 17.6 Å². The Morgan fingerprint density at radius 3 is 2.72 bits per heavy atom. The minimum absolute atomic E-state index is 0.184. The average Bonchev–Trinajstić information content (AvgIpc) is 2.37. The van der Waals surface area contributed by atoms with Crippen LogP contribution in [0.5, 0.6) is 11.5 Å². The second-order valence-electron chi connectivity index (χ2n) is 4.04. The molecule has 18 heavy (non-hydrogen) atoms. The number of hydrogen-bond donors (Lipinski definition) is 1. The van der Waals surface area contributed by atoms with Crippen LogP contribution < -0.4 is 4.74 Å². The van der Waals surface area contributed by atoms with E-state index in [0.29, 0.717) is 17.9 Å². The number of benzene rings is 2. The lowest BCUT2D eigenvalue weighted by molar-refractivity contribution is 0.303. The van der Waals surface area contributed by atoms with E-state index >= 15 is 0 Å². The maximum absolute atomic E-state index is 9.32. The molecule has 0 amide bonds. The van der Waals surface area contributed by atoms with Crippen molar-refractivity contribution in [1.82, 2.24) is 0 Å².